The highest BCUT2D eigenvalue weighted by Crippen LogP contribution is 2.36. The number of alkyl halides is 2. The minimum absolute atomic E-state index is 0.0619. The van der Waals surface area contributed by atoms with Gasteiger partial charge in [0.1, 0.15) is 46.8 Å². The van der Waals surface area contributed by atoms with Crippen LogP contribution in [0.4, 0.5) is 24.7 Å². The predicted molar refractivity (Wildman–Crippen MR) is 99.5 cm³/mol. The van der Waals surface area contributed by atoms with Gasteiger partial charge in [0.05, 0.1) is 18.2 Å². The average molecular weight is 411 g/mol. The molecule has 0 atom stereocenters. The first kappa shape index (κ1) is 19.9. The molecule has 0 amide bonds. The maximum absolute atomic E-state index is 13.6. The summed E-state index contributed by atoms with van der Waals surface area (Å²) >= 11 is 1.15. The molecule has 2 heterocycles. The van der Waals surface area contributed by atoms with Crippen LogP contribution in [-0.2, 0) is 4.74 Å². The van der Waals surface area contributed by atoms with Gasteiger partial charge in [-0.2, -0.15) is 0 Å². The van der Waals surface area contributed by atoms with E-state index in [-0.39, 0.29) is 11.4 Å². The number of fused-ring (bicyclic) bond motifs is 1. The van der Waals surface area contributed by atoms with Gasteiger partial charge in [-0.1, -0.05) is 0 Å². The Balaban J connectivity index is 2.04. The third kappa shape index (κ3) is 3.86. The van der Waals surface area contributed by atoms with Crippen LogP contribution in [0.2, 0.25) is 0 Å². The summed E-state index contributed by atoms with van der Waals surface area (Å²) in [6.45, 7) is -0.392. The Morgan fingerprint density at radius 2 is 2.04 bits per heavy atom. The Kier molecular flexibility index (Phi) is 5.98. The first-order valence-electron chi connectivity index (χ1n) is 8.16. The molecule has 1 aromatic carbocycles. The van der Waals surface area contributed by atoms with Crippen LogP contribution in [0.5, 0.6) is 5.75 Å². The summed E-state index contributed by atoms with van der Waals surface area (Å²) < 4.78 is 49.3. The first-order chi connectivity index (χ1) is 13.5. The Morgan fingerprint density at radius 1 is 1.29 bits per heavy atom. The molecule has 0 fully saturated rings. The lowest BCUT2D eigenvalue weighted by Gasteiger charge is -2.17. The number of thiophene rings is 1. The molecule has 3 aromatic rings. The van der Waals surface area contributed by atoms with Crippen molar-refractivity contribution in [3.63, 3.8) is 0 Å². The van der Waals surface area contributed by atoms with Crippen molar-refractivity contribution in [1.82, 2.24) is 9.97 Å². The third-order valence-electron chi connectivity index (χ3n) is 3.93. The van der Waals surface area contributed by atoms with Crippen LogP contribution in [0, 0.1) is 12.7 Å². The lowest BCUT2D eigenvalue weighted by Crippen LogP contribution is -2.21. The van der Waals surface area contributed by atoms with Crippen molar-refractivity contribution < 1.29 is 27.4 Å². The van der Waals surface area contributed by atoms with Gasteiger partial charge < -0.3 is 14.8 Å². The summed E-state index contributed by atoms with van der Waals surface area (Å²) in [4.78, 5) is 21.2. The van der Waals surface area contributed by atoms with E-state index in [9.17, 15) is 18.0 Å². The standard InChI is InChI=1S/C18H16F3N3O3S/c1-9-14-16(22-8-23-17(14)28-15(9)18(25)26-2)24-12-4-3-10(21)5-13(12)27-11(6-19)7-20/h3-5,8,11H,6-7H2,1-2H3,(H,22,23,24). The fraction of sp³-hybridized carbons (Fsp3) is 0.278. The van der Waals surface area contributed by atoms with Gasteiger partial charge in [-0.25, -0.2) is 27.9 Å². The largest absolute Gasteiger partial charge is 0.483 e. The smallest absolute Gasteiger partial charge is 0.348 e. The molecule has 0 bridgehead atoms. The summed E-state index contributed by atoms with van der Waals surface area (Å²) in [6, 6.07) is 3.57. The SMILES string of the molecule is COC(=O)c1sc2ncnc(Nc3ccc(F)cc3OC(CF)CF)c2c1C. The zero-order valence-electron chi connectivity index (χ0n) is 15.0. The van der Waals surface area contributed by atoms with Gasteiger partial charge in [0.25, 0.3) is 0 Å². The Morgan fingerprint density at radius 3 is 2.71 bits per heavy atom. The molecule has 148 valence electrons. The molecule has 6 nitrogen and oxygen atoms in total. The molecule has 3 rings (SSSR count). The van der Waals surface area contributed by atoms with Crippen molar-refractivity contribution in [3.8, 4) is 5.75 Å². The highest BCUT2D eigenvalue weighted by molar-refractivity contribution is 7.20. The average Bonchev–Trinajstić information content (AvgIpc) is 3.05. The second-order valence-electron chi connectivity index (χ2n) is 5.76. The number of methoxy groups -OCH3 is 1. The minimum atomic E-state index is -1.35. The van der Waals surface area contributed by atoms with Gasteiger partial charge in [0.15, 0.2) is 6.10 Å². The van der Waals surface area contributed by atoms with Crippen LogP contribution in [0.25, 0.3) is 10.2 Å². The summed E-state index contributed by atoms with van der Waals surface area (Å²) in [5.74, 6) is -0.842. The fourth-order valence-corrected chi connectivity index (χ4v) is 3.63. The highest BCUT2D eigenvalue weighted by atomic mass is 32.1. The van der Waals surface area contributed by atoms with Gasteiger partial charge in [-0.15, -0.1) is 11.3 Å². The number of nitrogens with zero attached hydrogens (tertiary/aromatic N) is 2. The number of anilines is 2. The van der Waals surface area contributed by atoms with Gasteiger partial charge in [-0.3, -0.25) is 0 Å². The maximum Gasteiger partial charge on any atom is 0.348 e. The number of hydrogen-bond acceptors (Lipinski definition) is 7. The van der Waals surface area contributed by atoms with Crippen molar-refractivity contribution in [2.24, 2.45) is 0 Å². The van der Waals surface area contributed by atoms with Crippen molar-refractivity contribution in [1.29, 1.82) is 0 Å². The quantitative estimate of drug-likeness (QED) is 0.583. The van der Waals surface area contributed by atoms with E-state index in [1.807, 2.05) is 0 Å². The molecule has 0 saturated carbocycles. The summed E-state index contributed by atoms with van der Waals surface area (Å²) in [5, 5.41) is 3.55. The molecule has 0 aliphatic heterocycles. The molecule has 0 unspecified atom stereocenters. The van der Waals surface area contributed by atoms with Crippen molar-refractivity contribution >= 4 is 39.0 Å². The third-order valence-corrected chi connectivity index (χ3v) is 5.11. The lowest BCUT2D eigenvalue weighted by atomic mass is 10.2. The lowest BCUT2D eigenvalue weighted by molar-refractivity contribution is 0.0605. The van der Waals surface area contributed by atoms with Crippen LogP contribution < -0.4 is 10.1 Å². The van der Waals surface area contributed by atoms with Crippen LogP contribution in [0.15, 0.2) is 24.5 Å². The van der Waals surface area contributed by atoms with E-state index in [2.05, 4.69) is 15.3 Å². The second-order valence-corrected chi connectivity index (χ2v) is 6.76. The van der Waals surface area contributed by atoms with E-state index < -0.39 is 31.2 Å². The van der Waals surface area contributed by atoms with E-state index in [0.29, 0.717) is 26.5 Å². The van der Waals surface area contributed by atoms with Crippen LogP contribution in [0.3, 0.4) is 0 Å². The number of carbonyl (C=O) groups excluding carboxylic acids is 1. The molecule has 10 heteroatoms. The van der Waals surface area contributed by atoms with Gasteiger partial charge >= 0.3 is 5.97 Å². The number of benzene rings is 1. The first-order valence-corrected chi connectivity index (χ1v) is 8.97. The molecule has 0 radical (unpaired) electrons. The van der Waals surface area contributed by atoms with Gasteiger partial charge in [0.2, 0.25) is 0 Å². The number of aromatic nitrogens is 2. The summed E-state index contributed by atoms with van der Waals surface area (Å²) in [5.41, 5.74) is 0.878. The van der Waals surface area contributed by atoms with Crippen molar-refractivity contribution in [3.05, 3.63) is 40.8 Å². The predicted octanol–water partition coefficient (Wildman–Crippen LogP) is 4.36. The Labute approximate surface area is 162 Å². The van der Waals surface area contributed by atoms with Gasteiger partial charge in [-0.05, 0) is 24.6 Å². The van der Waals surface area contributed by atoms with Crippen molar-refractivity contribution in [2.75, 3.05) is 25.8 Å². The number of hydrogen-bond donors (Lipinski definition) is 1. The zero-order valence-corrected chi connectivity index (χ0v) is 15.8. The van der Waals surface area contributed by atoms with Crippen LogP contribution in [-0.4, -0.2) is 42.5 Å². The molecule has 0 aliphatic rings. The normalized spacial score (nSPS) is 11.1. The van der Waals surface area contributed by atoms with Gasteiger partial charge in [0, 0.05) is 6.07 Å². The molecule has 1 N–H and O–H groups in total. The zero-order chi connectivity index (χ0) is 20.3. The summed E-state index contributed by atoms with van der Waals surface area (Å²) in [6.07, 6.45) is -0.0425. The molecule has 0 aliphatic carbocycles. The minimum Gasteiger partial charge on any atom is -0.483 e. The van der Waals surface area contributed by atoms with E-state index in [4.69, 9.17) is 9.47 Å². The number of aryl methyl sites for hydroxylation is 1. The maximum atomic E-state index is 13.6. The van der Waals surface area contributed by atoms with Crippen LogP contribution >= 0.6 is 11.3 Å². The Bertz CT molecular complexity index is 1010. The number of nitrogens with one attached hydrogen (secondary N) is 1. The van der Waals surface area contributed by atoms with E-state index in [0.717, 1.165) is 17.4 Å². The van der Waals surface area contributed by atoms with E-state index >= 15 is 0 Å². The van der Waals surface area contributed by atoms with Crippen LogP contribution in [0.1, 0.15) is 15.2 Å². The monoisotopic (exact) mass is 411 g/mol. The molecule has 0 spiro atoms. The second kappa shape index (κ2) is 8.42. The molecule has 0 saturated heterocycles. The number of halogens is 3. The molecule has 28 heavy (non-hydrogen) atoms. The highest BCUT2D eigenvalue weighted by Gasteiger charge is 2.21. The number of carbonyl (C=O) groups is 1. The molecular weight excluding hydrogens is 395 g/mol. The topological polar surface area (TPSA) is 73.3 Å². The number of ether oxygens (including phenoxy) is 2. The fourth-order valence-electron chi connectivity index (χ4n) is 2.56. The van der Waals surface area contributed by atoms with Crippen molar-refractivity contribution in [2.45, 2.75) is 13.0 Å². The summed E-state index contributed by atoms with van der Waals surface area (Å²) in [7, 11) is 1.28. The molecule has 2 aromatic heterocycles. The Hall–Kier alpha value is -2.88. The van der Waals surface area contributed by atoms with E-state index in [1.54, 1.807) is 6.92 Å². The molecular formula is C18H16F3N3O3S. The number of esters is 1. The van der Waals surface area contributed by atoms with E-state index in [1.165, 1.54) is 25.6 Å². The number of rotatable bonds is 7.